The van der Waals surface area contributed by atoms with E-state index in [0.717, 1.165) is 39.0 Å². The Morgan fingerprint density at radius 1 is 0.972 bits per heavy atom. The van der Waals surface area contributed by atoms with E-state index in [9.17, 15) is 9.59 Å². The number of carboxylic acids is 1. The third-order valence-electron chi connectivity index (χ3n) is 6.27. The summed E-state index contributed by atoms with van der Waals surface area (Å²) in [5, 5.41) is 12.1. The molecule has 0 aliphatic carbocycles. The SMILES string of the molecule is C/C(=C\c1cc(C)c(-c2nc3ccc(C(=O)Nc4ccc(C(C)(C)C)cc4)cc3[nH]2)c(C)c1)C(=O)O. The molecule has 0 unspecified atom stereocenters. The van der Waals surface area contributed by atoms with Crippen molar-refractivity contribution in [1.29, 1.82) is 0 Å². The lowest BCUT2D eigenvalue weighted by Crippen LogP contribution is -2.13. The van der Waals surface area contributed by atoms with Gasteiger partial charge in [-0.25, -0.2) is 9.78 Å². The van der Waals surface area contributed by atoms with Gasteiger partial charge in [-0.15, -0.1) is 0 Å². The number of nitrogens with zero attached hydrogens (tertiary/aromatic N) is 1. The molecule has 0 aliphatic rings. The summed E-state index contributed by atoms with van der Waals surface area (Å²) in [7, 11) is 0. The van der Waals surface area contributed by atoms with Crippen molar-refractivity contribution in [2.24, 2.45) is 0 Å². The topological polar surface area (TPSA) is 95.1 Å². The highest BCUT2D eigenvalue weighted by atomic mass is 16.4. The number of carbonyl (C=O) groups is 2. The minimum absolute atomic E-state index is 0.0526. The van der Waals surface area contributed by atoms with Crippen LogP contribution in [-0.2, 0) is 10.2 Å². The normalized spacial score (nSPS) is 12.1. The molecule has 184 valence electrons. The van der Waals surface area contributed by atoms with Crippen LogP contribution in [0.15, 0.2) is 60.2 Å². The van der Waals surface area contributed by atoms with Crippen molar-refractivity contribution >= 4 is 34.7 Å². The number of amides is 1. The molecule has 0 saturated carbocycles. The van der Waals surface area contributed by atoms with Crippen LogP contribution in [0, 0.1) is 13.8 Å². The lowest BCUT2D eigenvalue weighted by atomic mass is 9.87. The van der Waals surface area contributed by atoms with Gasteiger partial charge in [0.15, 0.2) is 0 Å². The Bertz CT molecular complexity index is 1480. The Kier molecular flexibility index (Phi) is 6.55. The van der Waals surface area contributed by atoms with Crippen LogP contribution in [0.3, 0.4) is 0 Å². The quantitative estimate of drug-likeness (QED) is 0.271. The average molecular weight is 482 g/mol. The van der Waals surface area contributed by atoms with E-state index in [0.29, 0.717) is 11.4 Å². The molecule has 0 spiro atoms. The number of nitrogens with one attached hydrogen (secondary N) is 2. The van der Waals surface area contributed by atoms with Crippen LogP contribution < -0.4 is 5.32 Å². The molecule has 3 N–H and O–H groups in total. The molecule has 1 heterocycles. The number of aliphatic carboxylic acids is 1. The number of hydrogen-bond acceptors (Lipinski definition) is 3. The van der Waals surface area contributed by atoms with Crippen molar-refractivity contribution in [3.05, 3.63) is 88.0 Å². The molecular formula is C30H31N3O3. The van der Waals surface area contributed by atoms with Crippen molar-refractivity contribution in [2.45, 2.75) is 47.0 Å². The fraction of sp³-hybridized carbons (Fsp3) is 0.233. The zero-order valence-electron chi connectivity index (χ0n) is 21.5. The van der Waals surface area contributed by atoms with Crippen LogP contribution in [-0.4, -0.2) is 27.0 Å². The number of aromatic amines is 1. The summed E-state index contributed by atoms with van der Waals surface area (Å²) in [6, 6.07) is 17.2. The van der Waals surface area contributed by atoms with Gasteiger partial charge >= 0.3 is 5.97 Å². The van der Waals surface area contributed by atoms with E-state index < -0.39 is 5.97 Å². The Labute approximate surface area is 211 Å². The number of carbonyl (C=O) groups excluding carboxylic acids is 1. The summed E-state index contributed by atoms with van der Waals surface area (Å²) in [6.07, 6.45) is 1.66. The summed E-state index contributed by atoms with van der Waals surface area (Å²) in [5.41, 5.74) is 8.11. The third-order valence-corrected chi connectivity index (χ3v) is 6.27. The molecule has 6 heteroatoms. The highest BCUT2D eigenvalue weighted by Crippen LogP contribution is 2.29. The third kappa shape index (κ3) is 5.23. The molecule has 0 radical (unpaired) electrons. The van der Waals surface area contributed by atoms with Crippen molar-refractivity contribution in [3.63, 3.8) is 0 Å². The zero-order valence-corrected chi connectivity index (χ0v) is 21.5. The fourth-order valence-corrected chi connectivity index (χ4v) is 4.29. The van der Waals surface area contributed by atoms with Gasteiger partial charge < -0.3 is 15.4 Å². The molecule has 6 nitrogen and oxygen atoms in total. The molecule has 3 aromatic carbocycles. The van der Waals surface area contributed by atoms with E-state index in [2.05, 4.69) is 31.1 Å². The van der Waals surface area contributed by atoms with Crippen molar-refractivity contribution < 1.29 is 14.7 Å². The number of benzene rings is 3. The number of aromatic nitrogens is 2. The number of rotatable bonds is 5. The molecule has 4 aromatic rings. The van der Waals surface area contributed by atoms with Crippen LogP contribution in [0.4, 0.5) is 5.69 Å². The molecule has 36 heavy (non-hydrogen) atoms. The maximum atomic E-state index is 12.9. The molecule has 0 fully saturated rings. The van der Waals surface area contributed by atoms with E-state index in [1.54, 1.807) is 19.1 Å². The van der Waals surface area contributed by atoms with Gasteiger partial charge in [-0.3, -0.25) is 4.79 Å². The second kappa shape index (κ2) is 9.46. The van der Waals surface area contributed by atoms with E-state index in [4.69, 9.17) is 10.1 Å². The molecule has 0 aliphatic heterocycles. The number of H-pyrrole nitrogens is 1. The number of aryl methyl sites for hydroxylation is 2. The molecular weight excluding hydrogens is 450 g/mol. The Hall–Kier alpha value is -4.19. The molecule has 0 saturated heterocycles. The maximum Gasteiger partial charge on any atom is 0.331 e. The summed E-state index contributed by atoms with van der Waals surface area (Å²) >= 11 is 0. The average Bonchev–Trinajstić information content (AvgIpc) is 3.21. The summed E-state index contributed by atoms with van der Waals surface area (Å²) < 4.78 is 0. The van der Waals surface area contributed by atoms with Crippen molar-refractivity contribution in [2.75, 3.05) is 5.32 Å². The van der Waals surface area contributed by atoms with Gasteiger partial charge in [0.25, 0.3) is 5.91 Å². The molecule has 0 atom stereocenters. The number of anilines is 1. The smallest absolute Gasteiger partial charge is 0.331 e. The van der Waals surface area contributed by atoms with E-state index in [1.165, 1.54) is 5.56 Å². The zero-order chi connectivity index (χ0) is 26.2. The summed E-state index contributed by atoms with van der Waals surface area (Å²) in [4.78, 5) is 32.2. The second-order valence-corrected chi connectivity index (χ2v) is 10.3. The maximum absolute atomic E-state index is 12.9. The lowest BCUT2D eigenvalue weighted by Gasteiger charge is -2.19. The van der Waals surface area contributed by atoms with Gasteiger partial charge in [-0.05, 0) is 84.8 Å². The van der Waals surface area contributed by atoms with E-state index >= 15 is 0 Å². The number of carboxylic acid groups (broad SMARTS) is 1. The first-order valence-electron chi connectivity index (χ1n) is 11.9. The van der Waals surface area contributed by atoms with Crippen LogP contribution in [0.2, 0.25) is 0 Å². The van der Waals surface area contributed by atoms with Crippen LogP contribution >= 0.6 is 0 Å². The van der Waals surface area contributed by atoms with Gasteiger partial charge in [-0.1, -0.05) is 45.0 Å². The van der Waals surface area contributed by atoms with Gasteiger partial charge in [0.05, 0.1) is 11.0 Å². The minimum atomic E-state index is -0.937. The first kappa shape index (κ1) is 24.9. The second-order valence-electron chi connectivity index (χ2n) is 10.3. The standard InChI is InChI=1S/C30H31N3O3/c1-17-13-20(15-19(3)29(35)36)14-18(2)26(17)27-32-24-12-7-21(16-25(24)33-27)28(34)31-23-10-8-22(9-11-23)30(4,5)6/h7-16H,1-6H3,(H,31,34)(H,32,33)(H,35,36)/b19-15+. The molecule has 0 bridgehead atoms. The Balaban J connectivity index is 1.60. The number of imidazole rings is 1. The molecule has 4 rings (SSSR count). The van der Waals surface area contributed by atoms with Gasteiger partial charge in [0, 0.05) is 22.4 Å². The number of fused-ring (bicyclic) bond motifs is 1. The highest BCUT2D eigenvalue weighted by Gasteiger charge is 2.16. The Morgan fingerprint density at radius 2 is 1.61 bits per heavy atom. The number of hydrogen-bond donors (Lipinski definition) is 3. The van der Waals surface area contributed by atoms with Crippen LogP contribution in [0.25, 0.3) is 28.5 Å². The predicted octanol–water partition coefficient (Wildman–Crippen LogP) is 6.88. The van der Waals surface area contributed by atoms with Gasteiger partial charge in [0.1, 0.15) is 5.82 Å². The lowest BCUT2D eigenvalue weighted by molar-refractivity contribution is -0.132. The first-order valence-corrected chi connectivity index (χ1v) is 11.9. The van der Waals surface area contributed by atoms with E-state index in [1.807, 2.05) is 62.4 Å². The van der Waals surface area contributed by atoms with Crippen molar-refractivity contribution in [3.8, 4) is 11.4 Å². The van der Waals surface area contributed by atoms with Crippen LogP contribution in [0.1, 0.15) is 60.3 Å². The van der Waals surface area contributed by atoms with Crippen LogP contribution in [0.5, 0.6) is 0 Å². The fourth-order valence-electron chi connectivity index (χ4n) is 4.29. The minimum Gasteiger partial charge on any atom is -0.478 e. The van der Waals surface area contributed by atoms with E-state index in [-0.39, 0.29) is 16.9 Å². The Morgan fingerprint density at radius 3 is 2.19 bits per heavy atom. The van der Waals surface area contributed by atoms with Gasteiger partial charge in [-0.2, -0.15) is 0 Å². The first-order chi connectivity index (χ1) is 16.9. The summed E-state index contributed by atoms with van der Waals surface area (Å²) in [6.45, 7) is 12.0. The summed E-state index contributed by atoms with van der Waals surface area (Å²) in [5.74, 6) is -0.414. The molecule has 1 aromatic heterocycles. The van der Waals surface area contributed by atoms with Gasteiger partial charge in [0.2, 0.25) is 0 Å². The molecule has 1 amide bonds. The van der Waals surface area contributed by atoms with Crippen molar-refractivity contribution in [1.82, 2.24) is 9.97 Å². The largest absolute Gasteiger partial charge is 0.478 e. The highest BCUT2D eigenvalue weighted by molar-refractivity contribution is 6.06. The predicted molar refractivity (Wildman–Crippen MR) is 145 cm³/mol. The monoisotopic (exact) mass is 481 g/mol.